The third kappa shape index (κ3) is 4.97. The second-order valence-electron chi connectivity index (χ2n) is 9.24. The van der Waals surface area contributed by atoms with E-state index in [2.05, 4.69) is 70.7 Å². The average Bonchev–Trinajstić information content (AvgIpc) is 3.23. The lowest BCUT2D eigenvalue weighted by Gasteiger charge is -2.19. The van der Waals surface area contributed by atoms with Gasteiger partial charge in [0.25, 0.3) is 0 Å². The first-order chi connectivity index (χ1) is 15.4. The van der Waals surface area contributed by atoms with Crippen molar-refractivity contribution in [1.82, 2.24) is 4.57 Å². The maximum Gasteiger partial charge on any atom is 0.311 e. The highest BCUT2D eigenvalue weighted by Gasteiger charge is 2.36. The summed E-state index contributed by atoms with van der Waals surface area (Å²) in [6.45, 7) is 5.94. The highest BCUT2D eigenvalue weighted by molar-refractivity contribution is 9.09. The standard InChI is InChI=1S/C27H29BrClNO2/c1-27(2)17-23-26(19-8-4-3-5-9-19)25(20-10-12-21(29)13-11-20)22(30(23)18-27)16-24(31)32-15-7-6-14-28/h3-5,8-13H,6-7,14-18H2,1-2H3. The molecule has 0 unspecified atom stereocenters. The number of unbranched alkanes of at least 4 members (excludes halogenated alkanes) is 1. The van der Waals surface area contributed by atoms with Crippen molar-refractivity contribution in [1.29, 1.82) is 0 Å². The summed E-state index contributed by atoms with van der Waals surface area (Å²) in [5.41, 5.74) is 7.08. The van der Waals surface area contributed by atoms with Crippen molar-refractivity contribution in [2.24, 2.45) is 5.41 Å². The van der Waals surface area contributed by atoms with Crippen LogP contribution in [0.5, 0.6) is 0 Å². The molecule has 0 atom stereocenters. The SMILES string of the molecule is CC1(C)Cc2c(-c3ccccc3)c(-c3ccc(Cl)cc3)c(CC(=O)OCCCCBr)n2C1. The van der Waals surface area contributed by atoms with E-state index in [-0.39, 0.29) is 17.8 Å². The summed E-state index contributed by atoms with van der Waals surface area (Å²) in [6, 6.07) is 18.4. The van der Waals surface area contributed by atoms with Gasteiger partial charge in [-0.15, -0.1) is 0 Å². The number of hydrogen-bond donors (Lipinski definition) is 0. The Labute approximate surface area is 203 Å². The van der Waals surface area contributed by atoms with Crippen LogP contribution in [0.4, 0.5) is 0 Å². The molecule has 3 nitrogen and oxygen atoms in total. The van der Waals surface area contributed by atoms with Crippen LogP contribution in [0.15, 0.2) is 54.6 Å². The minimum atomic E-state index is -0.167. The number of aromatic nitrogens is 1. The summed E-state index contributed by atoms with van der Waals surface area (Å²) in [5.74, 6) is -0.167. The van der Waals surface area contributed by atoms with Crippen molar-refractivity contribution in [2.45, 2.75) is 46.1 Å². The molecule has 1 aliphatic heterocycles. The van der Waals surface area contributed by atoms with Crippen molar-refractivity contribution >= 4 is 33.5 Å². The van der Waals surface area contributed by atoms with Crippen molar-refractivity contribution < 1.29 is 9.53 Å². The van der Waals surface area contributed by atoms with E-state index in [9.17, 15) is 4.79 Å². The highest BCUT2D eigenvalue weighted by atomic mass is 79.9. The zero-order valence-electron chi connectivity index (χ0n) is 18.7. The van der Waals surface area contributed by atoms with Gasteiger partial charge in [0, 0.05) is 39.4 Å². The second kappa shape index (κ2) is 9.84. The third-order valence-electron chi connectivity index (χ3n) is 6.01. The highest BCUT2D eigenvalue weighted by Crippen LogP contribution is 2.47. The van der Waals surface area contributed by atoms with E-state index < -0.39 is 0 Å². The van der Waals surface area contributed by atoms with Gasteiger partial charge in [-0.05, 0) is 47.9 Å². The van der Waals surface area contributed by atoms with Gasteiger partial charge in [-0.2, -0.15) is 0 Å². The Bertz CT molecular complexity index is 1090. The summed E-state index contributed by atoms with van der Waals surface area (Å²) in [4.78, 5) is 12.9. The molecule has 1 aliphatic rings. The number of hydrogen-bond acceptors (Lipinski definition) is 2. The molecule has 0 spiro atoms. The van der Waals surface area contributed by atoms with Crippen LogP contribution in [0.2, 0.25) is 5.02 Å². The number of carbonyl (C=O) groups is 1. The molecule has 1 aromatic heterocycles. The van der Waals surface area contributed by atoms with E-state index >= 15 is 0 Å². The molecule has 0 N–H and O–H groups in total. The van der Waals surface area contributed by atoms with Crippen molar-refractivity contribution in [3.05, 3.63) is 71.0 Å². The van der Waals surface area contributed by atoms with Crippen molar-refractivity contribution in [2.75, 3.05) is 11.9 Å². The Morgan fingerprint density at radius 3 is 2.41 bits per heavy atom. The molecular weight excluding hydrogens is 486 g/mol. The van der Waals surface area contributed by atoms with Crippen molar-refractivity contribution in [3.8, 4) is 22.3 Å². The quantitative estimate of drug-likeness (QED) is 0.179. The summed E-state index contributed by atoms with van der Waals surface area (Å²) in [7, 11) is 0. The molecule has 2 aromatic carbocycles. The maximum absolute atomic E-state index is 12.9. The van der Waals surface area contributed by atoms with Crippen molar-refractivity contribution in [3.63, 3.8) is 0 Å². The molecular formula is C27H29BrClNO2. The smallest absolute Gasteiger partial charge is 0.311 e. The Balaban J connectivity index is 1.82. The first kappa shape index (κ1) is 23.1. The van der Waals surface area contributed by atoms with Crippen LogP contribution < -0.4 is 0 Å². The number of carbonyl (C=O) groups excluding carboxylic acids is 1. The van der Waals surface area contributed by atoms with Crippen LogP contribution in [0.1, 0.15) is 38.1 Å². The molecule has 0 fully saturated rings. The molecule has 0 saturated carbocycles. The average molecular weight is 515 g/mol. The fourth-order valence-corrected chi connectivity index (χ4v) is 5.15. The first-order valence-electron chi connectivity index (χ1n) is 11.2. The van der Waals surface area contributed by atoms with Gasteiger partial charge in [0.05, 0.1) is 13.0 Å². The Kier molecular flexibility index (Phi) is 7.11. The van der Waals surface area contributed by atoms with E-state index in [0.29, 0.717) is 11.6 Å². The molecule has 3 aromatic rings. The summed E-state index contributed by atoms with van der Waals surface area (Å²) in [5, 5.41) is 1.63. The normalized spacial score (nSPS) is 14.4. The molecule has 32 heavy (non-hydrogen) atoms. The Morgan fingerprint density at radius 2 is 1.72 bits per heavy atom. The summed E-state index contributed by atoms with van der Waals surface area (Å²) < 4.78 is 7.96. The number of ether oxygens (including phenoxy) is 1. The molecule has 0 amide bonds. The molecule has 0 saturated heterocycles. The minimum Gasteiger partial charge on any atom is -0.465 e. The molecule has 4 rings (SSSR count). The fraction of sp³-hybridized carbons (Fsp3) is 0.370. The van der Waals surface area contributed by atoms with E-state index in [4.69, 9.17) is 16.3 Å². The van der Waals surface area contributed by atoms with Gasteiger partial charge in [-0.25, -0.2) is 0 Å². The summed E-state index contributed by atoms with van der Waals surface area (Å²) >= 11 is 9.62. The number of nitrogens with zero attached hydrogens (tertiary/aromatic N) is 1. The third-order valence-corrected chi connectivity index (χ3v) is 6.82. The predicted octanol–water partition coefficient (Wildman–Crippen LogP) is 7.32. The molecule has 0 aliphatic carbocycles. The second-order valence-corrected chi connectivity index (χ2v) is 10.5. The number of esters is 1. The van der Waals surface area contributed by atoms with Gasteiger partial charge in [0.1, 0.15) is 0 Å². The molecule has 5 heteroatoms. The zero-order valence-corrected chi connectivity index (χ0v) is 21.0. The van der Waals surface area contributed by atoms with Gasteiger partial charge in [-0.3, -0.25) is 4.79 Å². The van der Waals surface area contributed by atoms with Crippen LogP contribution in [-0.4, -0.2) is 22.5 Å². The first-order valence-corrected chi connectivity index (χ1v) is 12.7. The van der Waals surface area contributed by atoms with Gasteiger partial charge in [0.15, 0.2) is 0 Å². The number of fused-ring (bicyclic) bond motifs is 1. The van der Waals surface area contributed by atoms with Crippen LogP contribution in [0.25, 0.3) is 22.3 Å². The van der Waals surface area contributed by atoms with E-state index in [1.165, 1.54) is 16.8 Å². The van der Waals surface area contributed by atoms with Crippen LogP contribution >= 0.6 is 27.5 Å². The lowest BCUT2D eigenvalue weighted by Crippen LogP contribution is -2.17. The molecule has 168 valence electrons. The van der Waals surface area contributed by atoms with Crippen LogP contribution in [-0.2, 0) is 28.9 Å². The van der Waals surface area contributed by atoms with Gasteiger partial charge in [0.2, 0.25) is 0 Å². The molecule has 0 bridgehead atoms. The lowest BCUT2D eigenvalue weighted by atomic mass is 9.86. The van der Waals surface area contributed by atoms with E-state index in [1.807, 2.05) is 18.2 Å². The van der Waals surface area contributed by atoms with E-state index in [1.54, 1.807) is 0 Å². The largest absolute Gasteiger partial charge is 0.465 e. The van der Waals surface area contributed by atoms with Crippen LogP contribution in [0.3, 0.4) is 0 Å². The minimum absolute atomic E-state index is 0.145. The summed E-state index contributed by atoms with van der Waals surface area (Å²) in [6.07, 6.45) is 3.10. The van der Waals surface area contributed by atoms with Crippen LogP contribution in [0, 0.1) is 5.41 Å². The zero-order chi connectivity index (χ0) is 22.7. The lowest BCUT2D eigenvalue weighted by molar-refractivity contribution is -0.143. The Morgan fingerprint density at radius 1 is 1.03 bits per heavy atom. The number of halogens is 2. The van der Waals surface area contributed by atoms with Gasteiger partial charge in [-0.1, -0.05) is 83.8 Å². The maximum atomic E-state index is 12.9. The topological polar surface area (TPSA) is 31.2 Å². The molecule has 2 heterocycles. The van der Waals surface area contributed by atoms with Gasteiger partial charge >= 0.3 is 5.97 Å². The number of alkyl halides is 1. The Hall–Kier alpha value is -2.04. The monoisotopic (exact) mass is 513 g/mol. The van der Waals surface area contributed by atoms with Gasteiger partial charge < -0.3 is 9.30 Å². The van der Waals surface area contributed by atoms with E-state index in [0.717, 1.165) is 48.0 Å². The molecule has 0 radical (unpaired) electrons. The number of rotatable bonds is 8. The fourth-order valence-electron chi connectivity index (χ4n) is 4.63. The number of benzene rings is 2. The predicted molar refractivity (Wildman–Crippen MR) is 135 cm³/mol.